The minimum absolute atomic E-state index is 0.0135. The topological polar surface area (TPSA) is 78.9 Å². The quantitative estimate of drug-likeness (QED) is 0.781. The smallest absolute Gasteiger partial charge is 0.334 e. The Morgan fingerprint density at radius 3 is 2.77 bits per heavy atom. The molecule has 0 radical (unpaired) electrons. The lowest BCUT2D eigenvalue weighted by atomic mass is 10.1. The normalized spacial score (nSPS) is 19.8. The number of carbonyl (C=O) groups is 2. The first-order chi connectivity index (χ1) is 10.6. The van der Waals surface area contributed by atoms with Gasteiger partial charge in [0.05, 0.1) is 12.6 Å². The number of nitrogens with zero attached hydrogens (tertiary/aromatic N) is 1. The van der Waals surface area contributed by atoms with Crippen molar-refractivity contribution in [3.8, 4) is 0 Å². The van der Waals surface area contributed by atoms with E-state index in [1.807, 2.05) is 30.3 Å². The molecule has 0 aliphatic carbocycles. The van der Waals surface area contributed by atoms with E-state index in [1.54, 1.807) is 0 Å². The van der Waals surface area contributed by atoms with Gasteiger partial charge in [-0.1, -0.05) is 30.3 Å². The summed E-state index contributed by atoms with van der Waals surface area (Å²) >= 11 is 0. The Labute approximate surface area is 130 Å². The van der Waals surface area contributed by atoms with Gasteiger partial charge in [-0.3, -0.25) is 9.69 Å². The summed E-state index contributed by atoms with van der Waals surface area (Å²) in [7, 11) is 1.32. The zero-order chi connectivity index (χ0) is 15.9. The molecule has 2 unspecified atom stereocenters. The van der Waals surface area contributed by atoms with Crippen LogP contribution < -0.4 is 5.32 Å². The van der Waals surface area contributed by atoms with Gasteiger partial charge in [-0.25, -0.2) is 4.79 Å². The number of benzene rings is 1. The lowest BCUT2D eigenvalue weighted by molar-refractivity contribution is -0.148. The first-order valence-corrected chi connectivity index (χ1v) is 7.43. The third kappa shape index (κ3) is 4.29. The average molecular weight is 306 g/mol. The van der Waals surface area contributed by atoms with Crippen LogP contribution in [-0.4, -0.2) is 54.2 Å². The van der Waals surface area contributed by atoms with E-state index >= 15 is 0 Å². The highest BCUT2D eigenvalue weighted by Crippen LogP contribution is 2.20. The maximum Gasteiger partial charge on any atom is 0.334 e. The molecule has 22 heavy (non-hydrogen) atoms. The van der Waals surface area contributed by atoms with E-state index in [1.165, 1.54) is 12.7 Å². The number of hydrogen-bond acceptors (Lipinski definition) is 4. The summed E-state index contributed by atoms with van der Waals surface area (Å²) < 4.78 is 4.82. The van der Waals surface area contributed by atoms with Crippen molar-refractivity contribution in [2.75, 3.05) is 20.2 Å². The van der Waals surface area contributed by atoms with Gasteiger partial charge in [0, 0.05) is 13.7 Å². The molecule has 0 saturated carbocycles. The van der Waals surface area contributed by atoms with Gasteiger partial charge in [0.25, 0.3) is 0 Å². The maximum atomic E-state index is 12.3. The largest absolute Gasteiger partial charge is 0.479 e. The number of carbonyl (C=O) groups excluding carboxylic acids is 1. The first kappa shape index (κ1) is 16.5. The van der Waals surface area contributed by atoms with E-state index in [0.717, 1.165) is 25.9 Å². The van der Waals surface area contributed by atoms with Crippen LogP contribution in [0.5, 0.6) is 0 Å². The fourth-order valence-corrected chi connectivity index (χ4v) is 2.71. The molecule has 0 aromatic heterocycles. The number of methoxy groups -OCH3 is 1. The van der Waals surface area contributed by atoms with Crippen molar-refractivity contribution in [2.45, 2.75) is 31.5 Å². The molecule has 1 aromatic carbocycles. The number of rotatable bonds is 7. The van der Waals surface area contributed by atoms with Crippen LogP contribution >= 0.6 is 0 Å². The number of likely N-dealkylation sites (tertiary alicyclic amines) is 1. The van der Waals surface area contributed by atoms with E-state index in [9.17, 15) is 9.59 Å². The lowest BCUT2D eigenvalue weighted by Crippen LogP contribution is -2.46. The molecule has 6 heteroatoms. The van der Waals surface area contributed by atoms with Gasteiger partial charge in [-0.05, 0) is 24.9 Å². The van der Waals surface area contributed by atoms with Crippen LogP contribution in [-0.2, 0) is 20.9 Å². The standard InChI is InChI=1S/C16H22N2O4/c1-22-14(16(20)21)10-17-15(19)13-8-5-9-18(13)11-12-6-3-2-4-7-12/h2-4,6-7,13-14H,5,8-11H2,1H3,(H,17,19)(H,20,21). The Morgan fingerprint density at radius 1 is 1.41 bits per heavy atom. The molecular weight excluding hydrogens is 284 g/mol. The lowest BCUT2D eigenvalue weighted by Gasteiger charge is -2.24. The van der Waals surface area contributed by atoms with Gasteiger partial charge in [0.1, 0.15) is 0 Å². The second kappa shape index (κ2) is 7.91. The van der Waals surface area contributed by atoms with Crippen molar-refractivity contribution in [3.63, 3.8) is 0 Å². The van der Waals surface area contributed by atoms with Crippen LogP contribution in [0.4, 0.5) is 0 Å². The highest BCUT2D eigenvalue weighted by molar-refractivity contribution is 5.83. The van der Waals surface area contributed by atoms with Crippen molar-refractivity contribution < 1.29 is 19.4 Å². The van der Waals surface area contributed by atoms with Gasteiger partial charge in [-0.2, -0.15) is 0 Å². The maximum absolute atomic E-state index is 12.3. The molecule has 2 N–H and O–H groups in total. The predicted octanol–water partition coefficient (Wildman–Crippen LogP) is 0.867. The fourth-order valence-electron chi connectivity index (χ4n) is 2.71. The zero-order valence-corrected chi connectivity index (χ0v) is 12.7. The van der Waals surface area contributed by atoms with Crippen LogP contribution in [0.1, 0.15) is 18.4 Å². The molecule has 6 nitrogen and oxygen atoms in total. The summed E-state index contributed by atoms with van der Waals surface area (Å²) in [6.45, 7) is 1.59. The molecule has 2 rings (SSSR count). The molecule has 1 aromatic rings. The molecule has 0 bridgehead atoms. The Morgan fingerprint density at radius 2 is 2.14 bits per heavy atom. The highest BCUT2D eigenvalue weighted by Gasteiger charge is 2.31. The van der Waals surface area contributed by atoms with Crippen LogP contribution in [0.2, 0.25) is 0 Å². The second-order valence-electron chi connectivity index (χ2n) is 5.42. The average Bonchev–Trinajstić information content (AvgIpc) is 2.96. The zero-order valence-electron chi connectivity index (χ0n) is 12.7. The molecular formula is C16H22N2O4. The summed E-state index contributed by atoms with van der Waals surface area (Å²) in [6, 6.07) is 9.81. The Kier molecular flexibility index (Phi) is 5.91. The van der Waals surface area contributed by atoms with E-state index in [4.69, 9.17) is 9.84 Å². The minimum Gasteiger partial charge on any atom is -0.479 e. The van der Waals surface area contributed by atoms with Crippen molar-refractivity contribution in [1.82, 2.24) is 10.2 Å². The molecule has 1 amide bonds. The number of ether oxygens (including phenoxy) is 1. The van der Waals surface area contributed by atoms with Gasteiger partial charge in [0.15, 0.2) is 6.10 Å². The van der Waals surface area contributed by atoms with Crippen LogP contribution in [0, 0.1) is 0 Å². The van der Waals surface area contributed by atoms with E-state index in [-0.39, 0.29) is 18.5 Å². The Hall–Kier alpha value is -1.92. The molecule has 1 saturated heterocycles. The van der Waals surface area contributed by atoms with Crippen LogP contribution in [0.25, 0.3) is 0 Å². The summed E-state index contributed by atoms with van der Waals surface area (Å²) in [5, 5.41) is 11.6. The second-order valence-corrected chi connectivity index (χ2v) is 5.42. The number of carboxylic acids is 1. The van der Waals surface area contributed by atoms with Crippen molar-refractivity contribution in [3.05, 3.63) is 35.9 Å². The van der Waals surface area contributed by atoms with Crippen molar-refractivity contribution >= 4 is 11.9 Å². The Bertz CT molecular complexity index is 506. The van der Waals surface area contributed by atoms with Gasteiger partial charge in [0.2, 0.25) is 5.91 Å². The predicted molar refractivity (Wildman–Crippen MR) is 81.3 cm³/mol. The van der Waals surface area contributed by atoms with E-state index in [0.29, 0.717) is 0 Å². The summed E-state index contributed by atoms with van der Waals surface area (Å²) in [6.07, 6.45) is 0.758. The van der Waals surface area contributed by atoms with Crippen LogP contribution in [0.3, 0.4) is 0 Å². The molecule has 1 heterocycles. The summed E-state index contributed by atoms with van der Waals surface area (Å²) in [5.41, 5.74) is 1.17. The minimum atomic E-state index is -1.07. The van der Waals surface area contributed by atoms with Crippen LogP contribution in [0.15, 0.2) is 30.3 Å². The molecule has 0 spiro atoms. The fraction of sp³-hybridized carbons (Fsp3) is 0.500. The number of aliphatic carboxylic acids is 1. The summed E-state index contributed by atoms with van der Waals surface area (Å²) in [5.74, 6) is -1.20. The number of carboxylic acid groups (broad SMARTS) is 1. The first-order valence-electron chi connectivity index (χ1n) is 7.43. The highest BCUT2D eigenvalue weighted by atomic mass is 16.5. The third-order valence-corrected chi connectivity index (χ3v) is 3.92. The number of nitrogens with one attached hydrogen (secondary N) is 1. The van der Waals surface area contributed by atoms with E-state index < -0.39 is 12.1 Å². The monoisotopic (exact) mass is 306 g/mol. The van der Waals surface area contributed by atoms with E-state index in [2.05, 4.69) is 10.2 Å². The molecule has 2 atom stereocenters. The van der Waals surface area contributed by atoms with Crippen molar-refractivity contribution in [2.24, 2.45) is 0 Å². The Balaban J connectivity index is 1.89. The molecule has 120 valence electrons. The van der Waals surface area contributed by atoms with Gasteiger partial charge in [-0.15, -0.1) is 0 Å². The molecule has 1 fully saturated rings. The third-order valence-electron chi connectivity index (χ3n) is 3.92. The van der Waals surface area contributed by atoms with Gasteiger partial charge < -0.3 is 15.2 Å². The van der Waals surface area contributed by atoms with Crippen molar-refractivity contribution in [1.29, 1.82) is 0 Å². The SMILES string of the molecule is COC(CNC(=O)C1CCCN1Cc1ccccc1)C(=O)O. The summed E-state index contributed by atoms with van der Waals surface area (Å²) in [4.78, 5) is 25.3. The van der Waals surface area contributed by atoms with Gasteiger partial charge >= 0.3 is 5.97 Å². The molecule has 1 aliphatic rings. The number of amides is 1. The molecule has 1 aliphatic heterocycles. The number of hydrogen-bond donors (Lipinski definition) is 2.